The number of benzene rings is 6. The van der Waals surface area contributed by atoms with Gasteiger partial charge in [-0.15, -0.1) is 0 Å². The van der Waals surface area contributed by atoms with Gasteiger partial charge in [-0.3, -0.25) is 0 Å². The molecule has 3 aliphatic rings. The molecule has 0 bridgehead atoms. The van der Waals surface area contributed by atoms with Crippen LogP contribution in [0.1, 0.15) is 70.1 Å². The van der Waals surface area contributed by atoms with Gasteiger partial charge in [0.15, 0.2) is 6.17 Å². The first-order valence-electron chi connectivity index (χ1n) is 16.0. The first-order valence-corrected chi connectivity index (χ1v) is 16.0. The fraction of sp³-hybridized carbons (Fsp3) is 0.116. The van der Waals surface area contributed by atoms with E-state index in [9.17, 15) is 0 Å². The Balaban J connectivity index is 1.35. The topological polar surface area (TPSA) is 36.8 Å². The second-order valence-corrected chi connectivity index (χ2v) is 13.0. The smallest absolute Gasteiger partial charge is 0.170 e. The highest BCUT2D eigenvalue weighted by molar-refractivity contribution is 6.16. The van der Waals surface area contributed by atoms with Crippen LogP contribution in [0.25, 0.3) is 11.1 Å². The Hall–Kier alpha value is -5.54. The zero-order valence-electron chi connectivity index (χ0n) is 25.9. The largest absolute Gasteiger partial charge is 0.324 e. The Morgan fingerprint density at radius 2 is 0.913 bits per heavy atom. The maximum Gasteiger partial charge on any atom is 0.170 e. The van der Waals surface area contributed by atoms with E-state index in [0.29, 0.717) is 0 Å². The van der Waals surface area contributed by atoms with Crippen molar-refractivity contribution >= 4 is 11.7 Å². The third-order valence-corrected chi connectivity index (χ3v) is 10.2. The van der Waals surface area contributed by atoms with Crippen molar-refractivity contribution in [3.05, 3.63) is 202 Å². The highest BCUT2D eigenvalue weighted by atomic mass is 15.2. The van der Waals surface area contributed by atoms with Crippen LogP contribution in [-0.2, 0) is 10.8 Å². The molecule has 0 atom stereocenters. The minimum absolute atomic E-state index is 0.132. The van der Waals surface area contributed by atoms with Crippen LogP contribution in [0.2, 0.25) is 0 Å². The number of hydrogen-bond donors (Lipinski definition) is 1. The summed E-state index contributed by atoms with van der Waals surface area (Å²) in [5.74, 6) is 1.65. The number of aliphatic imine (C=N–C) groups is 2. The van der Waals surface area contributed by atoms with Crippen molar-refractivity contribution in [1.82, 2.24) is 5.32 Å². The quantitative estimate of drug-likeness (QED) is 0.219. The van der Waals surface area contributed by atoms with Crippen molar-refractivity contribution in [2.24, 2.45) is 9.98 Å². The van der Waals surface area contributed by atoms with E-state index in [1.165, 1.54) is 44.5 Å². The Bertz CT molecular complexity index is 2100. The predicted octanol–water partition coefficient (Wildman–Crippen LogP) is 9.18. The predicted molar refractivity (Wildman–Crippen MR) is 188 cm³/mol. The van der Waals surface area contributed by atoms with E-state index in [1.54, 1.807) is 0 Å². The van der Waals surface area contributed by atoms with Crippen molar-refractivity contribution in [2.75, 3.05) is 0 Å². The zero-order chi connectivity index (χ0) is 30.9. The maximum atomic E-state index is 5.31. The molecular weight excluding hydrogens is 558 g/mol. The number of nitrogens with one attached hydrogen (secondary N) is 1. The van der Waals surface area contributed by atoms with Gasteiger partial charge < -0.3 is 5.32 Å². The Labute approximate surface area is 270 Å². The molecule has 3 nitrogen and oxygen atoms in total. The number of amidine groups is 2. The molecule has 0 saturated heterocycles. The van der Waals surface area contributed by atoms with Gasteiger partial charge >= 0.3 is 0 Å². The van der Waals surface area contributed by atoms with Crippen LogP contribution in [0.3, 0.4) is 0 Å². The lowest BCUT2D eigenvalue weighted by Crippen LogP contribution is -2.40. The summed E-state index contributed by atoms with van der Waals surface area (Å²) in [6, 6.07) is 54.7. The number of fused-ring (bicyclic) bond motifs is 9. The minimum Gasteiger partial charge on any atom is -0.324 e. The SMILES string of the molecule is CC1(C)c2ccccc2C2(c3ccccc3-c3c(C4N=C(c5ccccc5)NC(c5ccccc5)=N4)cccc32)c2ccccc21. The Morgan fingerprint density at radius 3 is 1.48 bits per heavy atom. The van der Waals surface area contributed by atoms with Gasteiger partial charge in [0.2, 0.25) is 0 Å². The second-order valence-electron chi connectivity index (χ2n) is 13.0. The fourth-order valence-corrected chi connectivity index (χ4v) is 8.23. The van der Waals surface area contributed by atoms with Gasteiger partial charge in [0.05, 0.1) is 5.41 Å². The molecule has 0 amide bonds. The fourth-order valence-electron chi connectivity index (χ4n) is 8.23. The number of hydrogen-bond acceptors (Lipinski definition) is 3. The lowest BCUT2D eigenvalue weighted by atomic mass is 9.55. The van der Waals surface area contributed by atoms with E-state index in [2.05, 4.69) is 159 Å². The van der Waals surface area contributed by atoms with Gasteiger partial charge in [-0.05, 0) is 44.5 Å². The van der Waals surface area contributed by atoms with Crippen molar-refractivity contribution < 1.29 is 0 Å². The molecule has 0 radical (unpaired) electrons. The third kappa shape index (κ3) is 3.66. The van der Waals surface area contributed by atoms with Crippen LogP contribution in [-0.4, -0.2) is 11.7 Å². The van der Waals surface area contributed by atoms with Crippen LogP contribution >= 0.6 is 0 Å². The van der Waals surface area contributed by atoms with Gasteiger partial charge in [0.25, 0.3) is 0 Å². The van der Waals surface area contributed by atoms with E-state index in [-0.39, 0.29) is 5.41 Å². The van der Waals surface area contributed by atoms with Crippen LogP contribution in [0.15, 0.2) is 162 Å². The van der Waals surface area contributed by atoms with Gasteiger partial charge in [-0.1, -0.05) is 166 Å². The average Bonchev–Trinajstić information content (AvgIpc) is 3.43. The molecule has 0 aromatic heterocycles. The van der Waals surface area contributed by atoms with Gasteiger partial charge in [0, 0.05) is 22.1 Å². The van der Waals surface area contributed by atoms with Crippen LogP contribution < -0.4 is 5.32 Å². The molecule has 46 heavy (non-hydrogen) atoms. The molecule has 1 heterocycles. The minimum atomic E-state index is -0.449. The third-order valence-electron chi connectivity index (χ3n) is 10.2. The monoisotopic (exact) mass is 591 g/mol. The average molecular weight is 592 g/mol. The molecule has 0 fully saturated rings. The standard InChI is InChI=1S/C43H33N3/c1-42(2)33-23-11-13-25-35(33)43(36-26-14-12-24-34(36)42)32-22-10-9-20-30(32)38-31(21-15-27-37(38)43)41-45-39(28-16-5-3-6-17-28)44-40(46-41)29-18-7-4-8-19-29/h3-27,41H,1-2H3,(H,44,45,46). The molecule has 0 saturated carbocycles. The van der Waals surface area contributed by atoms with Crippen LogP contribution in [0, 0.1) is 0 Å². The summed E-state index contributed by atoms with van der Waals surface area (Å²) in [7, 11) is 0. The van der Waals surface area contributed by atoms with Gasteiger partial charge in [-0.2, -0.15) is 0 Å². The highest BCUT2D eigenvalue weighted by Gasteiger charge is 2.53. The number of nitrogens with zero attached hydrogens (tertiary/aromatic N) is 2. The van der Waals surface area contributed by atoms with Crippen LogP contribution in [0.5, 0.6) is 0 Å². The van der Waals surface area contributed by atoms with E-state index in [4.69, 9.17) is 9.98 Å². The molecule has 1 N–H and O–H groups in total. The van der Waals surface area contributed by atoms with Crippen molar-refractivity contribution in [3.8, 4) is 11.1 Å². The van der Waals surface area contributed by atoms with E-state index < -0.39 is 11.6 Å². The summed E-state index contributed by atoms with van der Waals surface area (Å²) in [6.07, 6.45) is -0.421. The van der Waals surface area contributed by atoms with Crippen molar-refractivity contribution in [2.45, 2.75) is 30.8 Å². The van der Waals surface area contributed by atoms with E-state index >= 15 is 0 Å². The van der Waals surface area contributed by atoms with Gasteiger partial charge in [-0.25, -0.2) is 9.98 Å². The highest BCUT2D eigenvalue weighted by Crippen LogP contribution is 2.63. The summed E-state index contributed by atoms with van der Waals surface area (Å²) in [5.41, 5.74) is 13.2. The normalized spacial score (nSPS) is 16.7. The summed E-state index contributed by atoms with van der Waals surface area (Å²) in [5, 5.41) is 3.56. The Kier molecular flexibility index (Phi) is 5.82. The molecule has 6 aromatic rings. The first-order chi connectivity index (χ1) is 22.6. The molecule has 1 spiro atoms. The number of rotatable bonds is 3. The summed E-state index contributed by atoms with van der Waals surface area (Å²) < 4.78 is 0. The zero-order valence-corrected chi connectivity index (χ0v) is 25.9. The molecule has 6 aromatic carbocycles. The first kappa shape index (κ1) is 26.8. The van der Waals surface area contributed by atoms with Crippen LogP contribution in [0.4, 0.5) is 0 Å². The summed E-state index contributed by atoms with van der Waals surface area (Å²) >= 11 is 0. The molecule has 220 valence electrons. The summed E-state index contributed by atoms with van der Waals surface area (Å²) in [4.78, 5) is 10.6. The molecule has 1 aliphatic heterocycles. The van der Waals surface area contributed by atoms with E-state index in [1.807, 2.05) is 12.1 Å². The molecule has 2 aliphatic carbocycles. The van der Waals surface area contributed by atoms with Crippen molar-refractivity contribution in [1.29, 1.82) is 0 Å². The maximum absolute atomic E-state index is 5.31. The molecule has 3 heteroatoms. The lowest BCUT2D eigenvalue weighted by Gasteiger charge is -2.46. The van der Waals surface area contributed by atoms with Crippen molar-refractivity contribution in [3.63, 3.8) is 0 Å². The van der Waals surface area contributed by atoms with E-state index in [0.717, 1.165) is 28.4 Å². The molecular formula is C43H33N3. The van der Waals surface area contributed by atoms with Gasteiger partial charge in [0.1, 0.15) is 11.7 Å². The molecule has 9 rings (SSSR count). The lowest BCUT2D eigenvalue weighted by molar-refractivity contribution is 0.563. The molecule has 0 unspecified atom stereocenters. The second kappa shape index (κ2) is 9.98. The Morgan fingerprint density at radius 1 is 0.457 bits per heavy atom. The summed E-state index contributed by atoms with van der Waals surface area (Å²) in [6.45, 7) is 4.73.